The van der Waals surface area contributed by atoms with E-state index in [-0.39, 0.29) is 23.3 Å². The van der Waals surface area contributed by atoms with Crippen LogP contribution in [0.2, 0.25) is 0 Å². The van der Waals surface area contributed by atoms with Crippen LogP contribution >= 0.6 is 0 Å². The molecule has 21 heavy (non-hydrogen) atoms. The maximum absolute atomic E-state index is 15.8. The molecule has 0 spiro atoms. The third-order valence-corrected chi connectivity index (χ3v) is 3.75. The van der Waals surface area contributed by atoms with Crippen molar-refractivity contribution in [1.29, 1.82) is 5.26 Å². The molecule has 0 aromatic heterocycles. The van der Waals surface area contributed by atoms with Crippen molar-refractivity contribution in [1.82, 2.24) is 4.90 Å². The van der Waals surface area contributed by atoms with E-state index in [1.807, 2.05) is 20.8 Å². The number of hydrogen-bond donors (Lipinski definition) is 0. The second-order valence-electron chi connectivity index (χ2n) is 7.66. The van der Waals surface area contributed by atoms with Crippen molar-refractivity contribution in [3.05, 3.63) is 11.3 Å². The first-order chi connectivity index (χ1) is 9.40. The Balaban J connectivity index is 3.32. The molecule has 1 aliphatic heterocycles. The number of nitrogens with zero attached hydrogens (tertiary/aromatic N) is 2. The minimum Gasteiger partial charge on any atom is -0.494 e. The molecule has 5 heteroatoms. The van der Waals surface area contributed by atoms with Crippen molar-refractivity contribution in [2.24, 2.45) is 10.8 Å². The number of hydrogen-bond acceptors (Lipinski definition) is 3. The maximum atomic E-state index is 15.8. The number of carbonyl (C=O) groups is 1. The van der Waals surface area contributed by atoms with Gasteiger partial charge in [-0.25, -0.2) is 4.39 Å². The van der Waals surface area contributed by atoms with E-state index in [2.05, 4.69) is 0 Å². The Hall–Kier alpha value is -1.57. The Bertz CT molecular complexity index is 506. The molecule has 0 N–H and O–H groups in total. The zero-order valence-electron chi connectivity index (χ0n) is 14.0. The van der Waals surface area contributed by atoms with Gasteiger partial charge in [0.05, 0.1) is 7.11 Å². The van der Waals surface area contributed by atoms with Gasteiger partial charge < -0.3 is 4.74 Å². The zero-order valence-corrected chi connectivity index (χ0v) is 14.0. The molecule has 1 unspecified atom stereocenters. The molecule has 0 saturated carbocycles. The van der Waals surface area contributed by atoms with Crippen molar-refractivity contribution in [3.63, 3.8) is 0 Å². The number of amides is 1. The second kappa shape index (κ2) is 5.32. The second-order valence-corrected chi connectivity index (χ2v) is 7.66. The highest BCUT2D eigenvalue weighted by atomic mass is 19.1. The minimum absolute atomic E-state index is 0.0400. The van der Waals surface area contributed by atoms with Crippen LogP contribution in [0.1, 0.15) is 48.0 Å². The van der Waals surface area contributed by atoms with E-state index in [1.54, 1.807) is 26.8 Å². The molecule has 1 amide bonds. The third-order valence-electron chi connectivity index (χ3n) is 3.75. The van der Waals surface area contributed by atoms with Crippen LogP contribution in [0.3, 0.4) is 0 Å². The quantitative estimate of drug-likeness (QED) is 0.750. The first-order valence-electron chi connectivity index (χ1n) is 7.10. The van der Waals surface area contributed by atoms with Crippen molar-refractivity contribution in [2.45, 2.75) is 53.8 Å². The number of carbonyl (C=O) groups excluding carboxylic acids is 1. The monoisotopic (exact) mass is 296 g/mol. The van der Waals surface area contributed by atoms with Crippen LogP contribution < -0.4 is 0 Å². The molecule has 0 saturated heterocycles. The lowest BCUT2D eigenvalue weighted by Crippen LogP contribution is -2.54. The average molecular weight is 296 g/mol. The van der Waals surface area contributed by atoms with Crippen LogP contribution in [0.4, 0.5) is 4.39 Å². The third kappa shape index (κ3) is 2.90. The Morgan fingerprint density at radius 2 is 1.81 bits per heavy atom. The van der Waals surface area contributed by atoms with E-state index in [1.165, 1.54) is 7.11 Å². The lowest BCUT2D eigenvalue weighted by Gasteiger charge is -2.42. The standard InChI is InChI=1S/C16H25FN2O2/c1-14(2,3)8-9-19-13(20)11(10-18)12(21-7)16(19,17)15(4,5)6/h8-9H2,1-7H3. The van der Waals surface area contributed by atoms with Crippen molar-refractivity contribution >= 4 is 5.91 Å². The molecular weight excluding hydrogens is 271 g/mol. The Labute approximate surface area is 126 Å². The Morgan fingerprint density at radius 1 is 1.29 bits per heavy atom. The summed E-state index contributed by atoms with van der Waals surface area (Å²) in [6.07, 6.45) is 0.635. The van der Waals surface area contributed by atoms with Gasteiger partial charge in [-0.05, 0) is 11.8 Å². The first kappa shape index (κ1) is 17.5. The fourth-order valence-electron chi connectivity index (χ4n) is 2.44. The van der Waals surface area contributed by atoms with Crippen LogP contribution in [0.25, 0.3) is 0 Å². The zero-order chi connectivity index (χ0) is 16.6. The van der Waals surface area contributed by atoms with Gasteiger partial charge in [-0.15, -0.1) is 0 Å². The van der Waals surface area contributed by atoms with Gasteiger partial charge in [0, 0.05) is 12.0 Å². The summed E-state index contributed by atoms with van der Waals surface area (Å²) < 4.78 is 20.9. The SMILES string of the molecule is COC1=C(C#N)C(=O)N(CCC(C)(C)C)C1(F)C(C)(C)C. The number of rotatable bonds is 3. The van der Waals surface area contributed by atoms with E-state index in [4.69, 9.17) is 4.74 Å². The molecule has 1 heterocycles. The molecule has 1 aliphatic rings. The average Bonchev–Trinajstić information content (AvgIpc) is 2.53. The number of ether oxygens (including phenoxy) is 1. The smallest absolute Gasteiger partial charge is 0.271 e. The summed E-state index contributed by atoms with van der Waals surface area (Å²) in [5.41, 5.74) is -1.17. The van der Waals surface area contributed by atoms with E-state index in [9.17, 15) is 10.1 Å². The highest BCUT2D eigenvalue weighted by molar-refractivity contribution is 6.01. The van der Waals surface area contributed by atoms with E-state index < -0.39 is 17.1 Å². The lowest BCUT2D eigenvalue weighted by molar-refractivity contribution is -0.149. The van der Waals surface area contributed by atoms with E-state index in [0.29, 0.717) is 6.42 Å². The molecular formula is C16H25FN2O2. The van der Waals surface area contributed by atoms with Gasteiger partial charge in [-0.1, -0.05) is 41.5 Å². The van der Waals surface area contributed by atoms with Crippen molar-refractivity contribution in [3.8, 4) is 6.07 Å². The Kier molecular flexibility index (Phi) is 4.43. The summed E-state index contributed by atoms with van der Waals surface area (Å²) >= 11 is 0. The normalized spacial score (nSPS) is 23.6. The summed E-state index contributed by atoms with van der Waals surface area (Å²) in [5.74, 6) is -2.86. The highest BCUT2D eigenvalue weighted by Gasteiger charge is 2.60. The van der Waals surface area contributed by atoms with Crippen LogP contribution in [-0.2, 0) is 9.53 Å². The van der Waals surface area contributed by atoms with Gasteiger partial charge in [0.1, 0.15) is 6.07 Å². The lowest BCUT2D eigenvalue weighted by atomic mass is 9.82. The maximum Gasteiger partial charge on any atom is 0.271 e. The first-order valence-corrected chi connectivity index (χ1v) is 7.10. The number of methoxy groups -OCH3 is 1. The molecule has 0 aliphatic carbocycles. The number of nitriles is 1. The van der Waals surface area contributed by atoms with Crippen molar-refractivity contribution < 1.29 is 13.9 Å². The van der Waals surface area contributed by atoms with Gasteiger partial charge in [0.25, 0.3) is 5.91 Å². The Morgan fingerprint density at radius 3 is 2.14 bits per heavy atom. The topological polar surface area (TPSA) is 53.3 Å². The fraction of sp³-hybridized carbons (Fsp3) is 0.750. The van der Waals surface area contributed by atoms with Gasteiger partial charge in [-0.3, -0.25) is 9.69 Å². The summed E-state index contributed by atoms with van der Waals surface area (Å²) in [7, 11) is 1.30. The van der Waals surface area contributed by atoms with Gasteiger partial charge in [0.2, 0.25) is 5.79 Å². The number of halogens is 1. The molecule has 118 valence electrons. The molecule has 4 nitrogen and oxygen atoms in total. The fourth-order valence-corrected chi connectivity index (χ4v) is 2.44. The molecule has 0 bridgehead atoms. The van der Waals surface area contributed by atoms with Crippen molar-refractivity contribution in [2.75, 3.05) is 13.7 Å². The molecule has 1 atom stereocenters. The minimum atomic E-state index is -2.10. The van der Waals surface area contributed by atoms with Gasteiger partial charge >= 0.3 is 0 Å². The molecule has 0 aromatic rings. The molecule has 0 aromatic carbocycles. The molecule has 0 radical (unpaired) electrons. The van der Waals surface area contributed by atoms with Gasteiger partial charge in [0.15, 0.2) is 11.3 Å². The van der Waals surface area contributed by atoms with Crippen LogP contribution in [-0.4, -0.2) is 30.3 Å². The van der Waals surface area contributed by atoms with Crippen LogP contribution in [0, 0.1) is 22.2 Å². The predicted molar refractivity (Wildman–Crippen MR) is 78.7 cm³/mol. The molecule has 0 fully saturated rings. The summed E-state index contributed by atoms with van der Waals surface area (Å²) in [5, 5.41) is 9.18. The highest BCUT2D eigenvalue weighted by Crippen LogP contribution is 2.49. The van der Waals surface area contributed by atoms with E-state index in [0.717, 1.165) is 4.90 Å². The summed E-state index contributed by atoms with van der Waals surface area (Å²) in [6.45, 7) is 11.4. The van der Waals surface area contributed by atoms with Gasteiger partial charge in [-0.2, -0.15) is 5.26 Å². The van der Waals surface area contributed by atoms with Crippen LogP contribution in [0.15, 0.2) is 11.3 Å². The van der Waals surface area contributed by atoms with E-state index >= 15 is 4.39 Å². The number of alkyl halides is 1. The largest absolute Gasteiger partial charge is 0.494 e. The summed E-state index contributed by atoms with van der Waals surface area (Å²) in [6, 6.07) is 1.79. The molecule has 1 rings (SSSR count). The predicted octanol–water partition coefficient (Wildman–Crippen LogP) is 3.40. The summed E-state index contributed by atoms with van der Waals surface area (Å²) in [4.78, 5) is 13.6. The van der Waals surface area contributed by atoms with Crippen LogP contribution in [0.5, 0.6) is 0 Å².